The van der Waals surface area contributed by atoms with Crippen LogP contribution in [0.25, 0.3) is 0 Å². The van der Waals surface area contributed by atoms with Crippen molar-refractivity contribution in [1.29, 1.82) is 0 Å². The van der Waals surface area contributed by atoms with E-state index < -0.39 is 34.7 Å². The van der Waals surface area contributed by atoms with Crippen molar-refractivity contribution in [3.8, 4) is 0 Å². The standard InChI is InChI=1S/C40H58O5/c1-25(33(41)20-30(27-14-10-7-11-15-27)37(2,3)23-26-12-8-6-9-13-26)28-17-19-40(45)31-21-34(42)32-22-35(43)36(44)24-38(32,4)29(31)16-18-39(28,40)5/h6,8-9,12-13,21,25,28-29,32-33,35-36,41,43-45H,7,10-11,14-20,22-24H2,1-5H3/t25-,28+,29-,32-,33+,35+,36-,38+,39+,40+/m0/s1. The lowest BCUT2D eigenvalue weighted by molar-refractivity contribution is -0.154. The molecule has 248 valence electrons. The Morgan fingerprint density at radius 1 is 0.978 bits per heavy atom. The molecule has 0 radical (unpaired) electrons. The summed E-state index contributed by atoms with van der Waals surface area (Å²) in [6, 6.07) is 10.7. The predicted molar refractivity (Wildman–Crippen MR) is 178 cm³/mol. The summed E-state index contributed by atoms with van der Waals surface area (Å²) < 4.78 is 0. The molecule has 0 aromatic heterocycles. The first-order chi connectivity index (χ1) is 21.2. The van der Waals surface area contributed by atoms with Crippen LogP contribution in [0.4, 0.5) is 0 Å². The van der Waals surface area contributed by atoms with Crippen LogP contribution in [0, 0.1) is 39.9 Å². The first-order valence-electron chi connectivity index (χ1n) is 18.0. The number of fused-ring (bicyclic) bond motifs is 5. The van der Waals surface area contributed by atoms with Crippen LogP contribution in [-0.2, 0) is 11.2 Å². The van der Waals surface area contributed by atoms with Gasteiger partial charge in [0.1, 0.15) is 0 Å². The van der Waals surface area contributed by atoms with Gasteiger partial charge < -0.3 is 20.4 Å². The molecule has 1 aromatic rings. The van der Waals surface area contributed by atoms with Crippen molar-refractivity contribution in [3.63, 3.8) is 0 Å². The molecule has 5 heteroatoms. The number of ketones is 1. The Morgan fingerprint density at radius 3 is 2.36 bits per heavy atom. The third kappa shape index (κ3) is 5.52. The smallest absolute Gasteiger partial charge is 0.159 e. The highest BCUT2D eigenvalue weighted by Gasteiger charge is 2.67. The van der Waals surface area contributed by atoms with E-state index >= 15 is 0 Å². The third-order valence-electron chi connectivity index (χ3n) is 14.0. The lowest BCUT2D eigenvalue weighted by Gasteiger charge is -2.60. The molecule has 0 spiro atoms. The summed E-state index contributed by atoms with van der Waals surface area (Å²) in [5.41, 5.74) is 3.11. The number of aliphatic hydroxyl groups excluding tert-OH is 3. The molecule has 4 fully saturated rings. The van der Waals surface area contributed by atoms with Crippen LogP contribution in [-0.4, -0.2) is 50.1 Å². The zero-order valence-electron chi connectivity index (χ0n) is 28.4. The summed E-state index contributed by atoms with van der Waals surface area (Å²) in [6.07, 6.45) is 10.9. The summed E-state index contributed by atoms with van der Waals surface area (Å²) in [4.78, 5) is 13.6. The number of hydrogen-bond acceptors (Lipinski definition) is 5. The molecule has 4 N–H and O–H groups in total. The number of hydrogen-bond donors (Lipinski definition) is 4. The van der Waals surface area contributed by atoms with Crippen LogP contribution in [0.15, 0.2) is 53.1 Å². The number of carbonyl (C=O) groups is 1. The number of carbonyl (C=O) groups excluding carboxylic acids is 1. The van der Waals surface area contributed by atoms with Crippen LogP contribution in [0.3, 0.4) is 0 Å². The molecule has 4 saturated carbocycles. The van der Waals surface area contributed by atoms with E-state index in [0.717, 1.165) is 44.1 Å². The Labute approximate surface area is 271 Å². The predicted octanol–water partition coefficient (Wildman–Crippen LogP) is 7.11. The van der Waals surface area contributed by atoms with Crippen molar-refractivity contribution >= 4 is 5.78 Å². The molecule has 0 unspecified atom stereocenters. The normalized spacial score (nSPS) is 39.8. The maximum absolute atomic E-state index is 13.6. The minimum absolute atomic E-state index is 0.00201. The quantitative estimate of drug-likeness (QED) is 0.244. The number of aliphatic hydroxyl groups is 4. The van der Waals surface area contributed by atoms with E-state index in [9.17, 15) is 25.2 Å². The van der Waals surface area contributed by atoms with E-state index in [4.69, 9.17) is 0 Å². The van der Waals surface area contributed by atoms with Crippen molar-refractivity contribution in [2.75, 3.05) is 0 Å². The highest BCUT2D eigenvalue weighted by Crippen LogP contribution is 2.68. The summed E-state index contributed by atoms with van der Waals surface area (Å²) in [6.45, 7) is 11.2. The molecule has 10 atom stereocenters. The van der Waals surface area contributed by atoms with Crippen LogP contribution in [0.1, 0.15) is 117 Å². The van der Waals surface area contributed by atoms with Crippen molar-refractivity contribution in [3.05, 3.63) is 58.7 Å². The molecule has 5 nitrogen and oxygen atoms in total. The first kappa shape index (κ1) is 33.1. The van der Waals surface area contributed by atoms with Gasteiger partial charge in [0.05, 0.1) is 23.9 Å². The molecule has 6 rings (SSSR count). The topological polar surface area (TPSA) is 98.0 Å². The van der Waals surface area contributed by atoms with E-state index in [-0.39, 0.29) is 41.3 Å². The molecule has 0 aliphatic heterocycles. The molecular weight excluding hydrogens is 560 g/mol. The van der Waals surface area contributed by atoms with Gasteiger partial charge in [-0.1, -0.05) is 82.5 Å². The zero-order valence-corrected chi connectivity index (χ0v) is 28.4. The lowest BCUT2D eigenvalue weighted by Crippen LogP contribution is -2.61. The van der Waals surface area contributed by atoms with Crippen LogP contribution < -0.4 is 0 Å². The van der Waals surface area contributed by atoms with Crippen LogP contribution in [0.2, 0.25) is 0 Å². The minimum atomic E-state index is -1.10. The van der Waals surface area contributed by atoms with E-state index in [2.05, 4.69) is 65.0 Å². The molecule has 0 heterocycles. The van der Waals surface area contributed by atoms with Crippen molar-refractivity contribution in [1.82, 2.24) is 0 Å². The fraction of sp³-hybridized carbons (Fsp3) is 0.725. The van der Waals surface area contributed by atoms with Gasteiger partial charge in [0.2, 0.25) is 0 Å². The van der Waals surface area contributed by atoms with Gasteiger partial charge in [0.15, 0.2) is 5.78 Å². The Morgan fingerprint density at radius 2 is 1.67 bits per heavy atom. The highest BCUT2D eigenvalue weighted by atomic mass is 16.3. The van der Waals surface area contributed by atoms with Crippen LogP contribution in [0.5, 0.6) is 0 Å². The van der Waals surface area contributed by atoms with Crippen molar-refractivity contribution in [2.24, 2.45) is 39.9 Å². The Balaban J connectivity index is 1.26. The van der Waals surface area contributed by atoms with Gasteiger partial charge in [-0.05, 0) is 123 Å². The summed E-state index contributed by atoms with van der Waals surface area (Å²) in [5, 5.41) is 45.8. The zero-order chi connectivity index (χ0) is 32.4. The summed E-state index contributed by atoms with van der Waals surface area (Å²) in [5.74, 6) is -0.175. The fourth-order valence-electron chi connectivity index (χ4n) is 11.3. The molecule has 45 heavy (non-hydrogen) atoms. The van der Waals surface area contributed by atoms with Gasteiger partial charge >= 0.3 is 0 Å². The fourth-order valence-corrected chi connectivity index (χ4v) is 11.3. The highest BCUT2D eigenvalue weighted by molar-refractivity contribution is 5.95. The molecule has 0 amide bonds. The summed E-state index contributed by atoms with van der Waals surface area (Å²) >= 11 is 0. The van der Waals surface area contributed by atoms with E-state index in [1.807, 2.05) is 0 Å². The van der Waals surface area contributed by atoms with Crippen LogP contribution >= 0.6 is 0 Å². The van der Waals surface area contributed by atoms with Gasteiger partial charge in [-0.3, -0.25) is 4.79 Å². The first-order valence-corrected chi connectivity index (χ1v) is 18.0. The van der Waals surface area contributed by atoms with Gasteiger partial charge in [-0.15, -0.1) is 0 Å². The van der Waals surface area contributed by atoms with E-state index in [0.29, 0.717) is 19.3 Å². The van der Waals surface area contributed by atoms with Gasteiger partial charge in [0, 0.05) is 11.3 Å². The Bertz CT molecular complexity index is 1320. The average molecular weight is 619 g/mol. The molecule has 1 aromatic carbocycles. The lowest BCUT2D eigenvalue weighted by atomic mass is 9.46. The third-order valence-corrected chi connectivity index (χ3v) is 14.0. The maximum Gasteiger partial charge on any atom is 0.159 e. The van der Waals surface area contributed by atoms with Gasteiger partial charge in [-0.25, -0.2) is 0 Å². The molecule has 0 bridgehead atoms. The Hall–Kier alpha value is -1.79. The molecule has 0 saturated heterocycles. The molecular formula is C40H58O5. The minimum Gasteiger partial charge on any atom is -0.393 e. The van der Waals surface area contributed by atoms with E-state index in [1.54, 1.807) is 11.6 Å². The second-order valence-corrected chi connectivity index (χ2v) is 17.0. The number of benzene rings is 1. The monoisotopic (exact) mass is 618 g/mol. The van der Waals surface area contributed by atoms with Crippen molar-refractivity contribution < 1.29 is 25.2 Å². The molecule has 5 aliphatic carbocycles. The van der Waals surface area contributed by atoms with Crippen molar-refractivity contribution in [2.45, 2.75) is 142 Å². The average Bonchev–Trinajstić information content (AvgIpc) is 3.28. The number of allylic oxidation sites excluding steroid dienone is 2. The SMILES string of the molecule is C[C@H]([C@H](O)CC(=C1CCCCC1)C(C)(C)Cc1ccccc1)[C@H]1CC[C@@]2(O)C3=CC(=O)[C@@H]4C[C@@H](O)[C@@H](O)C[C@]4(C)[C@H]3CC[C@]12C. The number of rotatable bonds is 7. The Kier molecular flexibility index (Phi) is 8.85. The second kappa shape index (κ2) is 12.0. The van der Waals surface area contributed by atoms with Gasteiger partial charge in [0.25, 0.3) is 0 Å². The van der Waals surface area contributed by atoms with E-state index in [1.165, 1.54) is 30.4 Å². The largest absolute Gasteiger partial charge is 0.393 e. The second-order valence-electron chi connectivity index (χ2n) is 17.0. The maximum atomic E-state index is 13.6. The summed E-state index contributed by atoms with van der Waals surface area (Å²) in [7, 11) is 0. The van der Waals surface area contributed by atoms with Gasteiger partial charge in [-0.2, -0.15) is 0 Å². The molecule has 5 aliphatic rings.